The second kappa shape index (κ2) is 3.10. The standard InChI is InChI=1S/C6H6FIN/c1-8-5-2-3-6(7)9-4-5/h2-4H,1H3/q-1. The summed E-state index contributed by atoms with van der Waals surface area (Å²) in [6, 6.07) is 3.19. The minimum atomic E-state index is -0.392. The van der Waals surface area contributed by atoms with Gasteiger partial charge in [0, 0.05) is 0 Å². The molecular formula is C6H6FIN-. The summed E-state index contributed by atoms with van der Waals surface area (Å²) in [6.45, 7) is 0. The molecule has 0 fully saturated rings. The van der Waals surface area contributed by atoms with Crippen molar-refractivity contribution in [1.29, 1.82) is 0 Å². The Balaban J connectivity index is 2.88. The molecule has 0 saturated carbocycles. The predicted molar refractivity (Wildman–Crippen MR) is 28.8 cm³/mol. The van der Waals surface area contributed by atoms with Gasteiger partial charge in [0.1, 0.15) is 0 Å². The van der Waals surface area contributed by atoms with Crippen LogP contribution >= 0.6 is 0 Å². The fourth-order valence-electron chi connectivity index (χ4n) is 0.470. The van der Waals surface area contributed by atoms with Crippen molar-refractivity contribution in [3.63, 3.8) is 0 Å². The molecule has 1 aromatic heterocycles. The van der Waals surface area contributed by atoms with Crippen molar-refractivity contribution >= 4 is 0 Å². The minimum absolute atomic E-state index is 0.0674. The van der Waals surface area contributed by atoms with Crippen LogP contribution in [0.2, 0.25) is 0 Å². The Labute approximate surface area is 63.6 Å². The molecule has 50 valence electrons. The molecule has 1 aromatic rings. The van der Waals surface area contributed by atoms with E-state index in [2.05, 4.69) is 9.91 Å². The number of hydrogen-bond acceptors (Lipinski definition) is 1. The first-order valence-electron chi connectivity index (χ1n) is 2.44. The van der Waals surface area contributed by atoms with E-state index < -0.39 is 5.95 Å². The van der Waals surface area contributed by atoms with Crippen molar-refractivity contribution in [2.24, 2.45) is 0 Å². The van der Waals surface area contributed by atoms with Crippen molar-refractivity contribution in [2.75, 3.05) is 4.93 Å². The van der Waals surface area contributed by atoms with E-state index in [0.717, 1.165) is 0 Å². The second-order valence-electron chi connectivity index (χ2n) is 1.49. The summed E-state index contributed by atoms with van der Waals surface area (Å²) >= 11 is 0.0674. The van der Waals surface area contributed by atoms with Crippen molar-refractivity contribution in [2.45, 2.75) is 0 Å². The molecule has 0 unspecified atom stereocenters. The summed E-state index contributed by atoms with van der Waals surface area (Å²) in [5.41, 5.74) is 0. The van der Waals surface area contributed by atoms with E-state index in [9.17, 15) is 4.39 Å². The fraction of sp³-hybridized carbons (Fsp3) is 0.167. The van der Waals surface area contributed by atoms with Crippen LogP contribution in [0.25, 0.3) is 0 Å². The molecule has 0 atom stereocenters. The number of aromatic nitrogens is 1. The third-order valence-corrected chi connectivity index (χ3v) is 2.79. The Hall–Kier alpha value is -0.190. The molecule has 0 aliphatic heterocycles. The number of halogens is 2. The number of nitrogens with zero attached hydrogens (tertiary/aromatic N) is 1. The van der Waals surface area contributed by atoms with Gasteiger partial charge in [0.2, 0.25) is 0 Å². The molecule has 0 amide bonds. The third kappa shape index (κ3) is 1.89. The zero-order valence-corrected chi connectivity index (χ0v) is 7.09. The first-order valence-corrected chi connectivity index (χ1v) is 5.67. The van der Waals surface area contributed by atoms with E-state index in [0.29, 0.717) is 0 Å². The van der Waals surface area contributed by atoms with Crippen LogP contribution in [0.5, 0.6) is 0 Å². The molecule has 0 aliphatic carbocycles. The van der Waals surface area contributed by atoms with Crippen molar-refractivity contribution in [3.05, 3.63) is 27.8 Å². The Bertz CT molecular complexity index is 185. The van der Waals surface area contributed by atoms with Crippen LogP contribution in [0.4, 0.5) is 4.39 Å². The molecule has 0 aromatic carbocycles. The van der Waals surface area contributed by atoms with Crippen molar-refractivity contribution in [1.82, 2.24) is 4.98 Å². The average molecular weight is 238 g/mol. The predicted octanol–water partition coefficient (Wildman–Crippen LogP) is -1.89. The zero-order chi connectivity index (χ0) is 6.69. The van der Waals surface area contributed by atoms with Crippen LogP contribution in [0.1, 0.15) is 0 Å². The van der Waals surface area contributed by atoms with Crippen LogP contribution in [-0.4, -0.2) is 9.91 Å². The molecule has 0 saturated heterocycles. The summed E-state index contributed by atoms with van der Waals surface area (Å²) in [5.74, 6) is -0.392. The van der Waals surface area contributed by atoms with Gasteiger partial charge < -0.3 is 0 Å². The second-order valence-corrected chi connectivity index (χ2v) is 3.81. The Morgan fingerprint density at radius 1 is 1.56 bits per heavy atom. The first-order chi connectivity index (χ1) is 4.33. The summed E-state index contributed by atoms with van der Waals surface area (Å²) < 4.78 is 13.3. The summed E-state index contributed by atoms with van der Waals surface area (Å²) in [4.78, 5) is 5.63. The van der Waals surface area contributed by atoms with Crippen LogP contribution in [0, 0.1) is 9.52 Å². The van der Waals surface area contributed by atoms with Gasteiger partial charge >= 0.3 is 63.4 Å². The molecular weight excluding hydrogens is 232 g/mol. The van der Waals surface area contributed by atoms with Gasteiger partial charge in [-0.2, -0.15) is 0 Å². The first kappa shape index (κ1) is 6.92. The van der Waals surface area contributed by atoms with Gasteiger partial charge in [0.05, 0.1) is 0 Å². The molecule has 1 nitrogen and oxygen atoms in total. The van der Waals surface area contributed by atoms with Gasteiger partial charge in [-0.25, -0.2) is 0 Å². The normalized spacial score (nSPS) is 10.0. The Kier molecular flexibility index (Phi) is 2.38. The Morgan fingerprint density at radius 3 is 2.78 bits per heavy atom. The van der Waals surface area contributed by atoms with Gasteiger partial charge in [0.15, 0.2) is 0 Å². The summed E-state index contributed by atoms with van der Waals surface area (Å²) in [5, 5.41) is 0. The Morgan fingerprint density at radius 2 is 2.33 bits per heavy atom. The monoisotopic (exact) mass is 238 g/mol. The van der Waals surface area contributed by atoms with Crippen LogP contribution in [0.3, 0.4) is 0 Å². The fourth-order valence-corrected chi connectivity index (χ4v) is 1.43. The summed E-state index contributed by atoms with van der Waals surface area (Å²) in [6.07, 6.45) is 1.60. The van der Waals surface area contributed by atoms with Gasteiger partial charge in [-0.3, -0.25) is 0 Å². The topological polar surface area (TPSA) is 12.9 Å². The number of rotatable bonds is 1. The molecule has 1 rings (SSSR count). The molecule has 0 spiro atoms. The average Bonchev–Trinajstić information content (AvgIpc) is 1.90. The van der Waals surface area contributed by atoms with Gasteiger partial charge in [-0.05, 0) is 0 Å². The summed E-state index contributed by atoms with van der Waals surface area (Å²) in [7, 11) is 0. The SMILES string of the molecule is C[I-]c1ccc(F)nc1. The quantitative estimate of drug-likeness (QED) is 0.316. The molecule has 0 aliphatic rings. The van der Waals surface area contributed by atoms with E-state index in [1.807, 2.05) is 0 Å². The molecule has 9 heavy (non-hydrogen) atoms. The van der Waals surface area contributed by atoms with Crippen LogP contribution in [0.15, 0.2) is 18.3 Å². The van der Waals surface area contributed by atoms with Crippen LogP contribution in [-0.2, 0) is 0 Å². The van der Waals surface area contributed by atoms with E-state index in [1.165, 1.54) is 9.64 Å². The number of alkyl halides is 1. The number of hydrogen-bond donors (Lipinski definition) is 0. The van der Waals surface area contributed by atoms with Gasteiger partial charge in [-0.15, -0.1) is 0 Å². The molecule has 1 heterocycles. The number of pyridine rings is 1. The third-order valence-electron chi connectivity index (χ3n) is 0.910. The van der Waals surface area contributed by atoms with Crippen molar-refractivity contribution < 1.29 is 25.6 Å². The van der Waals surface area contributed by atoms with Crippen molar-refractivity contribution in [3.8, 4) is 0 Å². The van der Waals surface area contributed by atoms with E-state index in [-0.39, 0.29) is 21.2 Å². The van der Waals surface area contributed by atoms with Gasteiger partial charge in [0.25, 0.3) is 0 Å². The molecule has 0 radical (unpaired) electrons. The maximum absolute atomic E-state index is 12.1. The van der Waals surface area contributed by atoms with Gasteiger partial charge in [-0.1, -0.05) is 0 Å². The maximum atomic E-state index is 12.1. The van der Waals surface area contributed by atoms with Crippen LogP contribution < -0.4 is 21.2 Å². The van der Waals surface area contributed by atoms with E-state index in [4.69, 9.17) is 0 Å². The zero-order valence-electron chi connectivity index (χ0n) is 4.94. The van der Waals surface area contributed by atoms with E-state index >= 15 is 0 Å². The molecule has 0 N–H and O–H groups in total. The molecule has 3 heteroatoms. The van der Waals surface area contributed by atoms with E-state index in [1.54, 1.807) is 12.3 Å². The molecule has 0 bridgehead atoms.